The van der Waals surface area contributed by atoms with Crippen molar-refractivity contribution < 1.29 is 19.4 Å². The Balaban J connectivity index is 1.96. The maximum atomic E-state index is 12.0. The van der Waals surface area contributed by atoms with Crippen LogP contribution in [0.2, 0.25) is 0 Å². The number of carboxylic acid groups (broad SMARTS) is 1. The Labute approximate surface area is 143 Å². The zero-order valence-electron chi connectivity index (χ0n) is 13.0. The third kappa shape index (κ3) is 4.69. The molecule has 1 unspecified atom stereocenters. The summed E-state index contributed by atoms with van der Waals surface area (Å²) in [4.78, 5) is 24.2. The molecule has 0 spiro atoms. The molecule has 0 aliphatic carbocycles. The van der Waals surface area contributed by atoms with Gasteiger partial charge in [-0.25, -0.2) is 0 Å². The molecule has 1 amide bonds. The molecule has 23 heavy (non-hydrogen) atoms. The fourth-order valence-corrected chi connectivity index (χ4v) is 2.51. The molecule has 0 aromatic heterocycles. The van der Waals surface area contributed by atoms with Crippen molar-refractivity contribution in [3.63, 3.8) is 0 Å². The van der Waals surface area contributed by atoms with Crippen LogP contribution < -0.4 is 4.74 Å². The summed E-state index contributed by atoms with van der Waals surface area (Å²) in [6, 6.07) is 11.5. The van der Waals surface area contributed by atoms with Gasteiger partial charge in [0.25, 0.3) is 5.91 Å². The molecule has 0 fully saturated rings. The predicted octanol–water partition coefficient (Wildman–Crippen LogP) is 3.16. The van der Waals surface area contributed by atoms with E-state index < -0.39 is 11.9 Å². The second kappa shape index (κ2) is 7.46. The van der Waals surface area contributed by atoms with Gasteiger partial charge in [0.15, 0.2) is 6.61 Å². The molecule has 0 bridgehead atoms. The maximum absolute atomic E-state index is 12.0. The molecule has 0 aliphatic heterocycles. The van der Waals surface area contributed by atoms with E-state index in [0.29, 0.717) is 5.75 Å². The van der Waals surface area contributed by atoms with Crippen LogP contribution in [-0.4, -0.2) is 42.1 Å². The van der Waals surface area contributed by atoms with Crippen molar-refractivity contribution >= 4 is 38.6 Å². The molecule has 0 heterocycles. The van der Waals surface area contributed by atoms with E-state index >= 15 is 0 Å². The van der Waals surface area contributed by atoms with Gasteiger partial charge in [0.1, 0.15) is 5.75 Å². The summed E-state index contributed by atoms with van der Waals surface area (Å²) in [5.41, 5.74) is 0. The van der Waals surface area contributed by atoms with Crippen LogP contribution in [0.1, 0.15) is 6.92 Å². The third-order valence-electron chi connectivity index (χ3n) is 3.53. The Morgan fingerprint density at radius 3 is 2.57 bits per heavy atom. The summed E-state index contributed by atoms with van der Waals surface area (Å²) in [6.45, 7) is 1.60. The van der Waals surface area contributed by atoms with Crippen molar-refractivity contribution in [2.24, 2.45) is 5.92 Å². The number of likely N-dealkylation sites (N-methyl/N-ethyl adjacent to an activating group) is 1. The maximum Gasteiger partial charge on any atom is 0.308 e. The molecule has 0 saturated heterocycles. The van der Waals surface area contributed by atoms with Gasteiger partial charge in [0.2, 0.25) is 0 Å². The van der Waals surface area contributed by atoms with Crippen LogP contribution in [0.4, 0.5) is 0 Å². The molecular formula is C17H18BrNO4. The number of amides is 1. The lowest BCUT2D eigenvalue weighted by atomic mass is 10.1. The van der Waals surface area contributed by atoms with E-state index in [0.717, 1.165) is 15.2 Å². The predicted molar refractivity (Wildman–Crippen MR) is 91.6 cm³/mol. The number of halogens is 1. The first kappa shape index (κ1) is 17.3. The van der Waals surface area contributed by atoms with Crippen molar-refractivity contribution in [2.75, 3.05) is 20.2 Å². The average Bonchev–Trinajstić information content (AvgIpc) is 2.52. The number of ether oxygens (including phenoxy) is 1. The highest BCUT2D eigenvalue weighted by atomic mass is 79.9. The molecule has 6 heteroatoms. The molecule has 1 N–H and O–H groups in total. The first-order valence-corrected chi connectivity index (χ1v) is 7.95. The number of hydrogen-bond acceptors (Lipinski definition) is 3. The van der Waals surface area contributed by atoms with Crippen LogP contribution in [0, 0.1) is 5.92 Å². The van der Waals surface area contributed by atoms with E-state index in [9.17, 15) is 9.59 Å². The second-order valence-electron chi connectivity index (χ2n) is 5.46. The zero-order chi connectivity index (χ0) is 17.0. The van der Waals surface area contributed by atoms with Gasteiger partial charge in [0.05, 0.1) is 5.92 Å². The molecule has 2 rings (SSSR count). The quantitative estimate of drug-likeness (QED) is 0.836. The minimum atomic E-state index is -0.925. The van der Waals surface area contributed by atoms with Gasteiger partial charge in [-0.15, -0.1) is 0 Å². The number of carbonyl (C=O) groups is 2. The molecule has 0 radical (unpaired) electrons. The number of fused-ring (bicyclic) bond motifs is 1. The fraction of sp³-hybridized carbons (Fsp3) is 0.294. The highest BCUT2D eigenvalue weighted by Crippen LogP contribution is 2.24. The summed E-state index contributed by atoms with van der Waals surface area (Å²) in [5, 5.41) is 11.0. The minimum Gasteiger partial charge on any atom is -0.484 e. The topological polar surface area (TPSA) is 66.8 Å². The number of hydrogen-bond donors (Lipinski definition) is 1. The average molecular weight is 380 g/mol. The number of carbonyl (C=O) groups excluding carboxylic acids is 1. The minimum absolute atomic E-state index is 0.120. The lowest BCUT2D eigenvalue weighted by molar-refractivity contribution is -0.143. The number of rotatable bonds is 6. The van der Waals surface area contributed by atoms with Crippen molar-refractivity contribution in [3.05, 3.63) is 40.9 Å². The van der Waals surface area contributed by atoms with Crippen molar-refractivity contribution in [3.8, 4) is 5.75 Å². The molecule has 0 saturated carbocycles. The van der Waals surface area contributed by atoms with Gasteiger partial charge in [-0.3, -0.25) is 9.59 Å². The van der Waals surface area contributed by atoms with E-state index in [1.807, 2.05) is 36.4 Å². The van der Waals surface area contributed by atoms with Gasteiger partial charge in [-0.1, -0.05) is 35.0 Å². The standard InChI is InChI=1S/C17H18BrNO4/c1-11(17(21)22)9-19(2)16(20)10-23-15-6-4-12-7-14(18)5-3-13(12)8-15/h3-8,11H,9-10H2,1-2H3,(H,21,22). The number of aliphatic carboxylic acids is 1. The summed E-state index contributed by atoms with van der Waals surface area (Å²) in [6.07, 6.45) is 0. The van der Waals surface area contributed by atoms with Crippen LogP contribution >= 0.6 is 15.9 Å². The lowest BCUT2D eigenvalue weighted by Crippen LogP contribution is -2.36. The van der Waals surface area contributed by atoms with Gasteiger partial charge < -0.3 is 14.7 Å². The second-order valence-corrected chi connectivity index (χ2v) is 6.37. The third-order valence-corrected chi connectivity index (χ3v) is 4.02. The van der Waals surface area contributed by atoms with Crippen molar-refractivity contribution in [2.45, 2.75) is 6.92 Å². The summed E-state index contributed by atoms with van der Waals surface area (Å²) >= 11 is 3.42. The normalized spacial score (nSPS) is 12.0. The van der Waals surface area contributed by atoms with E-state index in [4.69, 9.17) is 9.84 Å². The Kier molecular flexibility index (Phi) is 5.60. The van der Waals surface area contributed by atoms with E-state index in [1.54, 1.807) is 14.0 Å². The number of carboxylic acids is 1. The molecular weight excluding hydrogens is 362 g/mol. The Hall–Kier alpha value is -2.08. The molecule has 2 aromatic carbocycles. The summed E-state index contributed by atoms with van der Waals surface area (Å²) in [7, 11) is 1.57. The van der Waals surface area contributed by atoms with Crippen LogP contribution in [0.3, 0.4) is 0 Å². The van der Waals surface area contributed by atoms with Crippen LogP contribution in [0.5, 0.6) is 5.75 Å². The smallest absolute Gasteiger partial charge is 0.308 e. The monoisotopic (exact) mass is 379 g/mol. The molecule has 5 nitrogen and oxygen atoms in total. The number of nitrogens with zero attached hydrogens (tertiary/aromatic N) is 1. The molecule has 0 aliphatic rings. The first-order valence-electron chi connectivity index (χ1n) is 7.15. The molecule has 1 atom stereocenters. The van der Waals surface area contributed by atoms with Crippen LogP contribution in [-0.2, 0) is 9.59 Å². The number of benzene rings is 2. The zero-order valence-corrected chi connectivity index (χ0v) is 14.5. The van der Waals surface area contributed by atoms with E-state index in [-0.39, 0.29) is 19.1 Å². The van der Waals surface area contributed by atoms with E-state index in [1.165, 1.54) is 4.90 Å². The molecule has 2 aromatic rings. The van der Waals surface area contributed by atoms with Crippen LogP contribution in [0.15, 0.2) is 40.9 Å². The highest BCUT2D eigenvalue weighted by Gasteiger charge is 2.17. The van der Waals surface area contributed by atoms with Crippen molar-refractivity contribution in [1.29, 1.82) is 0 Å². The Bertz CT molecular complexity index is 732. The molecule has 122 valence electrons. The van der Waals surface area contributed by atoms with Gasteiger partial charge in [0, 0.05) is 18.1 Å². The van der Waals surface area contributed by atoms with Gasteiger partial charge in [-0.05, 0) is 35.0 Å². The summed E-state index contributed by atoms with van der Waals surface area (Å²) < 4.78 is 6.52. The van der Waals surface area contributed by atoms with Gasteiger partial charge in [-0.2, -0.15) is 0 Å². The Morgan fingerprint density at radius 1 is 1.22 bits per heavy atom. The highest BCUT2D eigenvalue weighted by molar-refractivity contribution is 9.10. The summed E-state index contributed by atoms with van der Waals surface area (Å²) in [5.74, 6) is -1.18. The fourth-order valence-electron chi connectivity index (χ4n) is 2.13. The van der Waals surface area contributed by atoms with Gasteiger partial charge >= 0.3 is 5.97 Å². The Morgan fingerprint density at radius 2 is 1.87 bits per heavy atom. The first-order chi connectivity index (χ1) is 10.9. The van der Waals surface area contributed by atoms with Crippen LogP contribution in [0.25, 0.3) is 10.8 Å². The SMILES string of the molecule is CC(CN(C)C(=O)COc1ccc2cc(Br)ccc2c1)C(=O)O. The largest absolute Gasteiger partial charge is 0.484 e. The lowest BCUT2D eigenvalue weighted by Gasteiger charge is -2.19. The van der Waals surface area contributed by atoms with E-state index in [2.05, 4.69) is 15.9 Å². The van der Waals surface area contributed by atoms with Crippen molar-refractivity contribution in [1.82, 2.24) is 4.90 Å².